The third kappa shape index (κ3) is 4.89. The predicted molar refractivity (Wildman–Crippen MR) is 105 cm³/mol. The number of hydrogen-bond donors (Lipinski definition) is 1. The molecule has 2 aromatic heterocycles. The van der Waals surface area contributed by atoms with Crippen molar-refractivity contribution in [3.8, 4) is 0 Å². The summed E-state index contributed by atoms with van der Waals surface area (Å²) in [5.41, 5.74) is 6.95. The molecular formula is C20H21FN4O2S. The molecule has 3 rings (SSSR count). The lowest BCUT2D eigenvalue weighted by Crippen LogP contribution is -2.15. The highest BCUT2D eigenvalue weighted by Crippen LogP contribution is 2.35. The Morgan fingerprint density at radius 3 is 2.79 bits per heavy atom. The van der Waals surface area contributed by atoms with Gasteiger partial charge in [0, 0.05) is 17.3 Å². The molecule has 0 unspecified atom stereocenters. The van der Waals surface area contributed by atoms with E-state index in [0.29, 0.717) is 12.4 Å². The van der Waals surface area contributed by atoms with Crippen molar-refractivity contribution in [2.24, 2.45) is 5.73 Å². The summed E-state index contributed by atoms with van der Waals surface area (Å²) in [6, 6.07) is 10.2. The molecule has 8 heteroatoms. The molecule has 28 heavy (non-hydrogen) atoms. The van der Waals surface area contributed by atoms with Gasteiger partial charge in [-0.3, -0.25) is 4.98 Å². The second-order valence-corrected chi connectivity index (χ2v) is 7.55. The van der Waals surface area contributed by atoms with Crippen LogP contribution in [0.4, 0.5) is 9.18 Å². The summed E-state index contributed by atoms with van der Waals surface area (Å²) in [6.45, 7) is 4.51. The van der Waals surface area contributed by atoms with Gasteiger partial charge in [0.1, 0.15) is 16.7 Å². The summed E-state index contributed by atoms with van der Waals surface area (Å²) in [7, 11) is 0. The predicted octanol–water partition coefficient (Wildman–Crippen LogP) is 4.34. The van der Waals surface area contributed by atoms with E-state index >= 15 is 0 Å². The summed E-state index contributed by atoms with van der Waals surface area (Å²) < 4.78 is 20.6. The summed E-state index contributed by atoms with van der Waals surface area (Å²) in [4.78, 5) is 20.7. The second-order valence-electron chi connectivity index (χ2n) is 6.49. The largest absolute Gasteiger partial charge is 0.442 e. The van der Waals surface area contributed by atoms with E-state index in [9.17, 15) is 9.18 Å². The van der Waals surface area contributed by atoms with Gasteiger partial charge in [0.05, 0.1) is 12.2 Å². The Balaban J connectivity index is 2.06. The number of halogens is 1. The van der Waals surface area contributed by atoms with Crippen LogP contribution in [0.1, 0.15) is 36.8 Å². The van der Waals surface area contributed by atoms with Crippen molar-refractivity contribution < 1.29 is 13.9 Å². The molecule has 1 amide bonds. The van der Waals surface area contributed by atoms with Crippen molar-refractivity contribution in [3.05, 3.63) is 71.7 Å². The number of aromatic nitrogens is 3. The van der Waals surface area contributed by atoms with Gasteiger partial charge in [-0.2, -0.15) is 0 Å². The lowest BCUT2D eigenvalue weighted by Gasteiger charge is -2.13. The van der Waals surface area contributed by atoms with Crippen LogP contribution in [-0.2, 0) is 17.9 Å². The number of ether oxygens (including phenoxy) is 1. The topological polar surface area (TPSA) is 83.0 Å². The van der Waals surface area contributed by atoms with E-state index in [1.165, 1.54) is 23.9 Å². The molecule has 0 radical (unpaired) electrons. The van der Waals surface area contributed by atoms with E-state index < -0.39 is 6.09 Å². The maximum atomic E-state index is 13.7. The van der Waals surface area contributed by atoms with E-state index in [1.54, 1.807) is 18.5 Å². The average molecular weight is 400 g/mol. The highest BCUT2D eigenvalue weighted by molar-refractivity contribution is 7.99. The molecule has 0 saturated carbocycles. The molecule has 0 aliphatic rings. The van der Waals surface area contributed by atoms with Crippen molar-refractivity contribution >= 4 is 17.9 Å². The van der Waals surface area contributed by atoms with Gasteiger partial charge in [0.25, 0.3) is 0 Å². The van der Waals surface area contributed by atoms with Crippen LogP contribution in [-0.4, -0.2) is 20.6 Å². The summed E-state index contributed by atoms with van der Waals surface area (Å²) >= 11 is 1.43. The van der Waals surface area contributed by atoms with Gasteiger partial charge in [-0.05, 0) is 35.7 Å². The fourth-order valence-corrected chi connectivity index (χ4v) is 3.92. The average Bonchev–Trinajstić information content (AvgIpc) is 2.98. The molecule has 0 aliphatic carbocycles. The van der Waals surface area contributed by atoms with Crippen LogP contribution in [0, 0.1) is 5.82 Å². The minimum Gasteiger partial charge on any atom is -0.442 e. The zero-order valence-electron chi connectivity index (χ0n) is 15.6. The fourth-order valence-electron chi connectivity index (χ4n) is 2.71. The first-order valence-corrected chi connectivity index (χ1v) is 9.59. The smallest absolute Gasteiger partial charge is 0.404 e. The Morgan fingerprint density at radius 2 is 2.14 bits per heavy atom. The zero-order chi connectivity index (χ0) is 20.1. The molecule has 0 aliphatic heterocycles. The molecule has 1 aromatic carbocycles. The number of hydrogen-bond acceptors (Lipinski definition) is 5. The van der Waals surface area contributed by atoms with Crippen molar-refractivity contribution in [1.82, 2.24) is 14.5 Å². The molecule has 0 saturated heterocycles. The minimum absolute atomic E-state index is 0.0426. The Labute approximate surface area is 166 Å². The molecule has 0 atom stereocenters. The number of carbonyl (C=O) groups is 1. The van der Waals surface area contributed by atoms with E-state index in [-0.39, 0.29) is 18.3 Å². The number of carbonyl (C=O) groups excluding carboxylic acids is 1. The maximum absolute atomic E-state index is 13.7. The van der Waals surface area contributed by atoms with Gasteiger partial charge >= 0.3 is 6.09 Å². The van der Waals surface area contributed by atoms with Crippen LogP contribution in [0.5, 0.6) is 0 Å². The van der Waals surface area contributed by atoms with Crippen LogP contribution in [0.15, 0.2) is 58.7 Å². The first kappa shape index (κ1) is 19.9. The number of nitrogens with two attached hydrogens (primary N) is 1. The highest BCUT2D eigenvalue weighted by atomic mass is 32.2. The van der Waals surface area contributed by atoms with Crippen LogP contribution in [0.2, 0.25) is 0 Å². The van der Waals surface area contributed by atoms with Crippen LogP contribution in [0.25, 0.3) is 0 Å². The highest BCUT2D eigenvalue weighted by Gasteiger charge is 2.21. The number of primary amides is 1. The van der Waals surface area contributed by atoms with E-state index in [2.05, 4.69) is 4.98 Å². The van der Waals surface area contributed by atoms with Gasteiger partial charge in [0.2, 0.25) is 0 Å². The quantitative estimate of drug-likeness (QED) is 0.638. The first-order chi connectivity index (χ1) is 13.4. The van der Waals surface area contributed by atoms with Gasteiger partial charge in [0.15, 0.2) is 6.61 Å². The third-order valence-corrected chi connectivity index (χ3v) is 5.10. The number of imidazole rings is 1. The second kappa shape index (κ2) is 8.88. The fraction of sp³-hybridized carbons (Fsp3) is 0.250. The molecule has 2 N–H and O–H groups in total. The van der Waals surface area contributed by atoms with Crippen molar-refractivity contribution in [2.75, 3.05) is 0 Å². The van der Waals surface area contributed by atoms with Crippen LogP contribution < -0.4 is 5.73 Å². The Bertz CT molecular complexity index is 960. The normalized spacial score (nSPS) is 11.0. The number of nitrogens with zero attached hydrogens (tertiary/aromatic N) is 3. The molecule has 6 nitrogen and oxygen atoms in total. The molecule has 0 bridgehead atoms. The summed E-state index contributed by atoms with van der Waals surface area (Å²) in [6.07, 6.45) is 2.61. The van der Waals surface area contributed by atoms with E-state index in [0.717, 1.165) is 21.2 Å². The van der Waals surface area contributed by atoms with Gasteiger partial charge in [-0.25, -0.2) is 14.2 Å². The summed E-state index contributed by atoms with van der Waals surface area (Å²) in [5.74, 6) is 0.399. The lowest BCUT2D eigenvalue weighted by atomic mass is 10.1. The van der Waals surface area contributed by atoms with Crippen molar-refractivity contribution in [3.63, 3.8) is 0 Å². The molecule has 0 fully saturated rings. The number of rotatable bonds is 7. The Kier molecular flexibility index (Phi) is 6.30. The Morgan fingerprint density at radius 1 is 1.32 bits per heavy atom. The monoisotopic (exact) mass is 400 g/mol. The van der Waals surface area contributed by atoms with Crippen LogP contribution in [0.3, 0.4) is 0 Å². The molecule has 146 valence electrons. The Hall–Kier alpha value is -2.87. The molecule has 3 aromatic rings. The van der Waals surface area contributed by atoms with Gasteiger partial charge in [-0.1, -0.05) is 37.7 Å². The molecule has 2 heterocycles. The van der Waals surface area contributed by atoms with Gasteiger partial charge < -0.3 is 15.0 Å². The van der Waals surface area contributed by atoms with Crippen molar-refractivity contribution in [2.45, 2.75) is 42.8 Å². The van der Waals surface area contributed by atoms with Gasteiger partial charge in [-0.15, -0.1) is 0 Å². The standard InChI is InChI=1S/C20H21FN4O2S/c1-13(2)18-19(28-16-7-3-6-15(21)9-16)25(11-14-5-4-8-23-10-14)17(24-18)12-27-20(22)26/h3-10,13H,11-12H2,1-2H3,(H2,22,26). The SMILES string of the molecule is CC(C)c1nc(COC(N)=O)n(Cc2cccnc2)c1Sc1cccc(F)c1. The number of amides is 1. The number of benzene rings is 1. The minimum atomic E-state index is -0.860. The lowest BCUT2D eigenvalue weighted by molar-refractivity contribution is 0.145. The van der Waals surface area contributed by atoms with E-state index in [1.807, 2.05) is 36.6 Å². The third-order valence-electron chi connectivity index (χ3n) is 3.99. The first-order valence-electron chi connectivity index (χ1n) is 8.78. The van der Waals surface area contributed by atoms with E-state index in [4.69, 9.17) is 15.5 Å². The summed E-state index contributed by atoms with van der Waals surface area (Å²) in [5, 5.41) is 0.868. The maximum Gasteiger partial charge on any atom is 0.404 e. The molecular weight excluding hydrogens is 379 g/mol. The van der Waals surface area contributed by atoms with Crippen LogP contribution >= 0.6 is 11.8 Å². The molecule has 0 spiro atoms. The number of pyridine rings is 1. The van der Waals surface area contributed by atoms with Crippen molar-refractivity contribution in [1.29, 1.82) is 0 Å². The zero-order valence-corrected chi connectivity index (χ0v) is 16.4.